The molecule has 1 atom stereocenters. The van der Waals surface area contributed by atoms with Crippen molar-refractivity contribution in [3.63, 3.8) is 0 Å². The summed E-state index contributed by atoms with van der Waals surface area (Å²) in [6.07, 6.45) is -1.26. The number of nitrogens with one attached hydrogen (secondary N) is 1. The number of aliphatic hydroxyl groups is 1. The number of ether oxygens (including phenoxy) is 1. The van der Waals surface area contributed by atoms with E-state index in [0.717, 1.165) is 0 Å². The van der Waals surface area contributed by atoms with Gasteiger partial charge in [0.1, 0.15) is 23.3 Å². The highest BCUT2D eigenvalue weighted by Crippen LogP contribution is 2.37. The van der Waals surface area contributed by atoms with E-state index in [1.807, 2.05) is 0 Å². The average Bonchev–Trinajstić information content (AvgIpc) is 2.66. The molecule has 0 aliphatic rings. The molecule has 0 aliphatic heterocycles. The minimum atomic E-state index is -2.72. The van der Waals surface area contributed by atoms with E-state index in [-0.39, 0.29) is 35.0 Å². The molecule has 2 aromatic heterocycles. The second-order valence-electron chi connectivity index (χ2n) is 5.87. The maximum absolute atomic E-state index is 13.4. The molecule has 0 spiro atoms. The van der Waals surface area contributed by atoms with Crippen LogP contribution in [0.4, 0.5) is 14.6 Å². The van der Waals surface area contributed by atoms with Crippen LogP contribution in [0.15, 0.2) is 30.5 Å². The minimum Gasteiger partial charge on any atom is -0.490 e. The van der Waals surface area contributed by atoms with E-state index in [0.29, 0.717) is 22.3 Å². The molecule has 0 saturated carbocycles. The van der Waals surface area contributed by atoms with Gasteiger partial charge in [0.05, 0.1) is 29.9 Å². The van der Waals surface area contributed by atoms with Gasteiger partial charge in [0.2, 0.25) is 5.28 Å². The summed E-state index contributed by atoms with van der Waals surface area (Å²) in [6.45, 7) is 1.37. The van der Waals surface area contributed by atoms with Crippen LogP contribution >= 0.6 is 23.2 Å². The monoisotopic (exact) mass is 428 g/mol. The zero-order chi connectivity index (χ0) is 20.3. The number of pyridine rings is 1. The van der Waals surface area contributed by atoms with Crippen molar-refractivity contribution in [3.05, 3.63) is 52.0 Å². The van der Waals surface area contributed by atoms with Crippen molar-refractivity contribution >= 4 is 39.9 Å². The first-order valence-electron chi connectivity index (χ1n) is 8.30. The molecule has 28 heavy (non-hydrogen) atoms. The third-order valence-electron chi connectivity index (χ3n) is 3.99. The molecule has 0 saturated heterocycles. The van der Waals surface area contributed by atoms with Crippen LogP contribution in [0.25, 0.3) is 10.9 Å². The predicted molar refractivity (Wildman–Crippen MR) is 103 cm³/mol. The molecular weight excluding hydrogens is 413 g/mol. The smallest absolute Gasteiger partial charge is 0.267 e. The van der Waals surface area contributed by atoms with Gasteiger partial charge in [0.15, 0.2) is 0 Å². The third kappa shape index (κ3) is 4.40. The van der Waals surface area contributed by atoms with Crippen molar-refractivity contribution < 1.29 is 18.6 Å². The van der Waals surface area contributed by atoms with Crippen LogP contribution < -0.4 is 10.1 Å². The Morgan fingerprint density at radius 3 is 2.68 bits per heavy atom. The normalized spacial score (nSPS) is 12.4. The van der Waals surface area contributed by atoms with E-state index < -0.39 is 12.5 Å². The summed E-state index contributed by atoms with van der Waals surface area (Å²) in [7, 11) is 0. The van der Waals surface area contributed by atoms with E-state index in [1.54, 1.807) is 19.1 Å². The summed E-state index contributed by atoms with van der Waals surface area (Å²) in [6, 6.07) is 5.58. The van der Waals surface area contributed by atoms with Gasteiger partial charge in [-0.2, -0.15) is 0 Å². The summed E-state index contributed by atoms with van der Waals surface area (Å²) in [5.74, 6) is 0.401. The average molecular weight is 429 g/mol. The van der Waals surface area contributed by atoms with Gasteiger partial charge in [-0.25, -0.2) is 23.7 Å². The first kappa shape index (κ1) is 20.4. The molecule has 1 aromatic carbocycles. The van der Waals surface area contributed by atoms with Crippen molar-refractivity contribution in [2.24, 2.45) is 0 Å². The maximum atomic E-state index is 13.4. The van der Waals surface area contributed by atoms with Gasteiger partial charge in [0.25, 0.3) is 6.43 Å². The van der Waals surface area contributed by atoms with Crippen LogP contribution in [0.1, 0.15) is 30.5 Å². The van der Waals surface area contributed by atoms with E-state index in [2.05, 4.69) is 20.3 Å². The second kappa shape index (κ2) is 8.81. The Labute approximate surface area is 169 Å². The van der Waals surface area contributed by atoms with Crippen molar-refractivity contribution in [3.8, 4) is 5.75 Å². The predicted octanol–water partition coefficient (Wildman–Crippen LogP) is 4.81. The molecule has 2 N–H and O–H groups in total. The number of rotatable bonds is 7. The fraction of sp³-hybridized carbons (Fsp3) is 0.278. The lowest BCUT2D eigenvalue weighted by Crippen LogP contribution is -2.13. The number of hydrogen-bond acceptors (Lipinski definition) is 6. The number of hydrogen-bond donors (Lipinski definition) is 2. The van der Waals surface area contributed by atoms with E-state index in [4.69, 9.17) is 33.0 Å². The number of benzene rings is 1. The summed E-state index contributed by atoms with van der Waals surface area (Å²) in [5, 5.41) is 13.0. The van der Waals surface area contributed by atoms with Crippen LogP contribution in [0.2, 0.25) is 10.4 Å². The van der Waals surface area contributed by atoms with Crippen molar-refractivity contribution in [1.29, 1.82) is 0 Å². The highest BCUT2D eigenvalue weighted by Gasteiger charge is 2.21. The molecule has 0 amide bonds. The van der Waals surface area contributed by atoms with E-state index in [9.17, 15) is 8.78 Å². The van der Waals surface area contributed by atoms with Crippen molar-refractivity contribution in [2.45, 2.75) is 19.4 Å². The highest BCUT2D eigenvalue weighted by atomic mass is 35.5. The number of halogens is 4. The Hall–Kier alpha value is -2.29. The number of aliphatic hydroxyl groups excluding tert-OH is 1. The Bertz CT molecular complexity index is 991. The molecule has 0 bridgehead atoms. The fourth-order valence-electron chi connectivity index (χ4n) is 2.77. The standard InChI is InChI=1S/C18H16Cl2F2N4O2/c1-9(10-3-2-4-11(16(21)22)15(10)28-6-5-27)24-17-12-7-14(19)23-8-13(12)25-18(20)26-17/h2-4,7-9,16,27H,5-6H2,1H3,(H,24,25,26)/t9-/m1/s1. The number of aromatic nitrogens is 3. The van der Waals surface area contributed by atoms with Crippen molar-refractivity contribution in [1.82, 2.24) is 15.0 Å². The van der Waals surface area contributed by atoms with Crippen LogP contribution in [0.3, 0.4) is 0 Å². The molecule has 0 fully saturated rings. The molecule has 6 nitrogen and oxygen atoms in total. The summed E-state index contributed by atoms with van der Waals surface area (Å²) in [4.78, 5) is 12.2. The molecule has 0 unspecified atom stereocenters. The quantitative estimate of drug-likeness (QED) is 0.415. The number of alkyl halides is 2. The van der Waals surface area contributed by atoms with Gasteiger partial charge >= 0.3 is 0 Å². The maximum Gasteiger partial charge on any atom is 0.267 e. The molecule has 0 aliphatic carbocycles. The lowest BCUT2D eigenvalue weighted by molar-refractivity contribution is 0.140. The van der Waals surface area contributed by atoms with Crippen LogP contribution in [-0.4, -0.2) is 33.3 Å². The lowest BCUT2D eigenvalue weighted by atomic mass is 10.0. The van der Waals surface area contributed by atoms with Gasteiger partial charge in [-0.1, -0.05) is 23.7 Å². The summed E-state index contributed by atoms with van der Waals surface area (Å²) >= 11 is 12.0. The van der Waals surface area contributed by atoms with Crippen LogP contribution in [0.5, 0.6) is 5.75 Å². The van der Waals surface area contributed by atoms with E-state index in [1.165, 1.54) is 18.3 Å². The molecular formula is C18H16Cl2F2N4O2. The van der Waals surface area contributed by atoms with Gasteiger partial charge in [-0.05, 0) is 30.7 Å². The van der Waals surface area contributed by atoms with Crippen LogP contribution in [-0.2, 0) is 0 Å². The number of para-hydroxylation sites is 1. The zero-order valence-electron chi connectivity index (χ0n) is 14.7. The first-order valence-corrected chi connectivity index (χ1v) is 9.06. The largest absolute Gasteiger partial charge is 0.490 e. The summed E-state index contributed by atoms with van der Waals surface area (Å²) < 4.78 is 32.2. The van der Waals surface area contributed by atoms with Crippen molar-refractivity contribution in [2.75, 3.05) is 18.5 Å². The van der Waals surface area contributed by atoms with Gasteiger partial charge < -0.3 is 15.2 Å². The topological polar surface area (TPSA) is 80.2 Å². The second-order valence-corrected chi connectivity index (χ2v) is 6.60. The number of anilines is 1. The SMILES string of the molecule is C[C@@H](Nc1nc(Cl)nc2cnc(Cl)cc12)c1cccc(C(F)F)c1OCCO. The van der Waals surface area contributed by atoms with E-state index >= 15 is 0 Å². The lowest BCUT2D eigenvalue weighted by Gasteiger charge is -2.21. The molecule has 148 valence electrons. The number of fused-ring (bicyclic) bond motifs is 1. The first-order chi connectivity index (χ1) is 13.4. The molecule has 2 heterocycles. The van der Waals surface area contributed by atoms with Gasteiger partial charge in [-0.15, -0.1) is 0 Å². The van der Waals surface area contributed by atoms with Crippen LogP contribution in [0, 0.1) is 0 Å². The zero-order valence-corrected chi connectivity index (χ0v) is 16.2. The minimum absolute atomic E-state index is 0.00408. The Balaban J connectivity index is 2.02. The van der Waals surface area contributed by atoms with Gasteiger partial charge in [0, 0.05) is 10.9 Å². The highest BCUT2D eigenvalue weighted by molar-refractivity contribution is 6.30. The Kier molecular flexibility index (Phi) is 6.43. The molecule has 3 rings (SSSR count). The molecule has 3 aromatic rings. The fourth-order valence-corrected chi connectivity index (χ4v) is 3.11. The number of nitrogens with zero attached hydrogens (tertiary/aromatic N) is 3. The Morgan fingerprint density at radius 1 is 1.21 bits per heavy atom. The molecule has 10 heteroatoms. The third-order valence-corrected chi connectivity index (χ3v) is 4.37. The molecule has 0 radical (unpaired) electrons. The van der Waals surface area contributed by atoms with Gasteiger partial charge in [-0.3, -0.25) is 0 Å². The summed E-state index contributed by atoms with van der Waals surface area (Å²) in [5.41, 5.74) is 0.712. The Morgan fingerprint density at radius 2 is 1.96 bits per heavy atom.